The summed E-state index contributed by atoms with van der Waals surface area (Å²) >= 11 is 5.82. The van der Waals surface area contributed by atoms with Gasteiger partial charge in [-0.1, -0.05) is 24.6 Å². The maximum absolute atomic E-state index is 11.8. The van der Waals surface area contributed by atoms with E-state index in [4.69, 9.17) is 17.3 Å². The van der Waals surface area contributed by atoms with Crippen LogP contribution in [0.15, 0.2) is 18.2 Å². The molecule has 1 aromatic carbocycles. The summed E-state index contributed by atoms with van der Waals surface area (Å²) < 4.78 is 0. The Morgan fingerprint density at radius 1 is 1.56 bits per heavy atom. The van der Waals surface area contributed by atoms with Crippen molar-refractivity contribution in [1.82, 2.24) is 5.32 Å². The molecule has 5 heteroatoms. The average molecular weight is 271 g/mol. The molecule has 0 saturated heterocycles. The smallest absolute Gasteiger partial charge is 0.224 e. The van der Waals surface area contributed by atoms with Crippen molar-refractivity contribution in [1.29, 1.82) is 0 Å². The molecule has 1 aromatic rings. The van der Waals surface area contributed by atoms with E-state index in [0.29, 0.717) is 13.0 Å². The molecule has 0 aromatic heterocycles. The van der Waals surface area contributed by atoms with Crippen LogP contribution in [-0.4, -0.2) is 24.1 Å². The molecule has 0 fully saturated rings. The van der Waals surface area contributed by atoms with Gasteiger partial charge in [0.2, 0.25) is 5.91 Å². The predicted molar refractivity (Wildman–Crippen MR) is 72.7 cm³/mol. The van der Waals surface area contributed by atoms with Crippen molar-refractivity contribution in [3.8, 4) is 5.75 Å². The van der Waals surface area contributed by atoms with E-state index in [-0.39, 0.29) is 29.1 Å². The Morgan fingerprint density at radius 3 is 2.83 bits per heavy atom. The van der Waals surface area contributed by atoms with E-state index in [1.807, 2.05) is 6.92 Å². The van der Waals surface area contributed by atoms with E-state index in [1.54, 1.807) is 12.1 Å². The minimum atomic E-state index is -0.267. The molecular weight excluding hydrogens is 252 g/mol. The molecule has 0 spiro atoms. The molecule has 0 bridgehead atoms. The summed E-state index contributed by atoms with van der Waals surface area (Å²) in [6.45, 7) is 2.94. The SMILES string of the molecule is CCCNC(=O)C(CN)Cc1ccc(O)c(Cl)c1. The predicted octanol–water partition coefficient (Wildman–Crippen LogP) is 1.69. The van der Waals surface area contributed by atoms with Gasteiger partial charge in [0, 0.05) is 13.1 Å². The lowest BCUT2D eigenvalue weighted by molar-refractivity contribution is -0.124. The topological polar surface area (TPSA) is 75.4 Å². The summed E-state index contributed by atoms with van der Waals surface area (Å²) in [7, 11) is 0. The largest absolute Gasteiger partial charge is 0.506 e. The second kappa shape index (κ2) is 7.24. The van der Waals surface area contributed by atoms with Crippen LogP contribution in [0.5, 0.6) is 5.75 Å². The molecule has 0 aliphatic heterocycles. The molecule has 18 heavy (non-hydrogen) atoms. The van der Waals surface area contributed by atoms with Gasteiger partial charge in [-0.15, -0.1) is 0 Å². The van der Waals surface area contributed by atoms with Crippen LogP contribution in [0, 0.1) is 5.92 Å². The molecule has 1 unspecified atom stereocenters. The third-order valence-corrected chi connectivity index (χ3v) is 3.00. The zero-order valence-corrected chi connectivity index (χ0v) is 11.2. The summed E-state index contributed by atoms with van der Waals surface area (Å²) in [5.41, 5.74) is 6.51. The van der Waals surface area contributed by atoms with Gasteiger partial charge >= 0.3 is 0 Å². The average Bonchev–Trinajstić information content (AvgIpc) is 2.37. The highest BCUT2D eigenvalue weighted by Gasteiger charge is 2.17. The van der Waals surface area contributed by atoms with Gasteiger partial charge in [0.05, 0.1) is 10.9 Å². The number of hydrogen-bond acceptors (Lipinski definition) is 3. The van der Waals surface area contributed by atoms with Crippen molar-refractivity contribution in [2.24, 2.45) is 11.7 Å². The number of halogens is 1. The number of amides is 1. The minimum absolute atomic E-state index is 0.0384. The van der Waals surface area contributed by atoms with Crippen LogP contribution in [0.1, 0.15) is 18.9 Å². The number of carbonyl (C=O) groups excluding carboxylic acids is 1. The number of rotatable bonds is 6. The zero-order chi connectivity index (χ0) is 13.5. The summed E-state index contributed by atoms with van der Waals surface area (Å²) in [4.78, 5) is 11.8. The standard InChI is InChI=1S/C13H19ClN2O2/c1-2-5-16-13(18)10(8-15)6-9-3-4-12(17)11(14)7-9/h3-4,7,10,17H,2,5-6,8,15H2,1H3,(H,16,18). The van der Waals surface area contributed by atoms with E-state index in [2.05, 4.69) is 5.32 Å². The summed E-state index contributed by atoms with van der Waals surface area (Å²) in [5, 5.41) is 12.4. The zero-order valence-electron chi connectivity index (χ0n) is 10.4. The fourth-order valence-electron chi connectivity index (χ4n) is 1.64. The first-order valence-electron chi connectivity index (χ1n) is 6.03. The monoisotopic (exact) mass is 270 g/mol. The van der Waals surface area contributed by atoms with Crippen molar-refractivity contribution in [3.63, 3.8) is 0 Å². The van der Waals surface area contributed by atoms with Crippen LogP contribution in [0.25, 0.3) is 0 Å². The number of benzene rings is 1. The second-order valence-corrected chi connectivity index (χ2v) is 4.62. The van der Waals surface area contributed by atoms with Crippen LogP contribution in [0.4, 0.5) is 0 Å². The first-order valence-corrected chi connectivity index (χ1v) is 6.41. The third kappa shape index (κ3) is 4.20. The summed E-state index contributed by atoms with van der Waals surface area (Å²) in [5.74, 6) is -0.263. The second-order valence-electron chi connectivity index (χ2n) is 4.21. The van der Waals surface area contributed by atoms with Gasteiger partial charge in [-0.2, -0.15) is 0 Å². The first-order chi connectivity index (χ1) is 8.58. The van der Waals surface area contributed by atoms with Gasteiger partial charge in [0.15, 0.2) is 0 Å². The van der Waals surface area contributed by atoms with Gasteiger partial charge in [0.25, 0.3) is 0 Å². The number of nitrogens with two attached hydrogens (primary N) is 1. The number of hydrogen-bond donors (Lipinski definition) is 3. The van der Waals surface area contributed by atoms with E-state index in [1.165, 1.54) is 6.07 Å². The fourth-order valence-corrected chi connectivity index (χ4v) is 1.84. The molecule has 0 radical (unpaired) electrons. The molecule has 4 N–H and O–H groups in total. The van der Waals surface area contributed by atoms with E-state index in [0.717, 1.165) is 12.0 Å². The summed E-state index contributed by atoms with van der Waals surface area (Å²) in [6, 6.07) is 4.93. The number of carbonyl (C=O) groups is 1. The van der Waals surface area contributed by atoms with Crippen LogP contribution >= 0.6 is 11.6 Å². The Kier molecular flexibility index (Phi) is 5.95. The number of aromatic hydroxyl groups is 1. The van der Waals surface area contributed by atoms with Crippen molar-refractivity contribution in [3.05, 3.63) is 28.8 Å². The molecule has 100 valence electrons. The molecule has 0 aliphatic carbocycles. The minimum Gasteiger partial charge on any atom is -0.506 e. The van der Waals surface area contributed by atoms with Gasteiger partial charge in [-0.3, -0.25) is 4.79 Å². The Morgan fingerprint density at radius 2 is 2.28 bits per heavy atom. The van der Waals surface area contributed by atoms with Crippen LogP contribution < -0.4 is 11.1 Å². The lowest BCUT2D eigenvalue weighted by Gasteiger charge is -2.15. The highest BCUT2D eigenvalue weighted by molar-refractivity contribution is 6.32. The Bertz CT molecular complexity index is 410. The van der Waals surface area contributed by atoms with Crippen LogP contribution in [0.2, 0.25) is 5.02 Å². The quantitative estimate of drug-likeness (QED) is 0.736. The molecule has 0 heterocycles. The van der Waals surface area contributed by atoms with Gasteiger partial charge in [-0.05, 0) is 30.5 Å². The molecule has 1 atom stereocenters. The first kappa shape index (κ1) is 14.8. The normalized spacial score (nSPS) is 12.2. The molecule has 0 aliphatic rings. The van der Waals surface area contributed by atoms with Crippen molar-refractivity contribution >= 4 is 17.5 Å². The lowest BCUT2D eigenvalue weighted by Crippen LogP contribution is -2.36. The Balaban J connectivity index is 2.67. The molecular formula is C13H19ClN2O2. The molecule has 4 nitrogen and oxygen atoms in total. The van der Waals surface area contributed by atoms with Gasteiger partial charge < -0.3 is 16.2 Å². The van der Waals surface area contributed by atoms with Crippen LogP contribution in [-0.2, 0) is 11.2 Å². The fraction of sp³-hybridized carbons (Fsp3) is 0.462. The van der Waals surface area contributed by atoms with E-state index in [9.17, 15) is 9.90 Å². The summed E-state index contributed by atoms with van der Waals surface area (Å²) in [6.07, 6.45) is 1.42. The van der Waals surface area contributed by atoms with Gasteiger partial charge in [-0.25, -0.2) is 0 Å². The number of nitrogens with one attached hydrogen (secondary N) is 1. The number of phenolic OH excluding ortho intramolecular Hbond substituents is 1. The van der Waals surface area contributed by atoms with Crippen LogP contribution in [0.3, 0.4) is 0 Å². The highest BCUT2D eigenvalue weighted by atomic mass is 35.5. The Hall–Kier alpha value is -1.26. The van der Waals surface area contributed by atoms with Gasteiger partial charge in [0.1, 0.15) is 5.75 Å². The van der Waals surface area contributed by atoms with Crippen molar-refractivity contribution in [2.45, 2.75) is 19.8 Å². The maximum Gasteiger partial charge on any atom is 0.224 e. The third-order valence-electron chi connectivity index (χ3n) is 2.70. The lowest BCUT2D eigenvalue weighted by atomic mass is 9.98. The van der Waals surface area contributed by atoms with Crippen molar-refractivity contribution < 1.29 is 9.90 Å². The Labute approximate surface area is 112 Å². The van der Waals surface area contributed by atoms with E-state index < -0.39 is 0 Å². The highest BCUT2D eigenvalue weighted by Crippen LogP contribution is 2.24. The molecule has 0 saturated carbocycles. The van der Waals surface area contributed by atoms with Crippen molar-refractivity contribution in [2.75, 3.05) is 13.1 Å². The maximum atomic E-state index is 11.8. The molecule has 1 amide bonds. The number of phenols is 1. The molecule has 1 rings (SSSR count). The van der Waals surface area contributed by atoms with E-state index >= 15 is 0 Å².